The van der Waals surface area contributed by atoms with E-state index < -0.39 is 29.8 Å². The quantitative estimate of drug-likeness (QED) is 0.548. The molecule has 1 aliphatic heterocycles. The van der Waals surface area contributed by atoms with Gasteiger partial charge in [-0.25, -0.2) is 14.0 Å². The molecule has 0 bridgehead atoms. The fourth-order valence-corrected chi connectivity index (χ4v) is 1.45. The molecular formula is C11H17FN2O5. The monoisotopic (exact) mass is 276 g/mol. The highest BCUT2D eigenvalue weighted by molar-refractivity contribution is 6.14. The van der Waals surface area contributed by atoms with E-state index in [1.54, 1.807) is 19.2 Å². The maximum Gasteiger partial charge on any atom is 0.358 e. The van der Waals surface area contributed by atoms with Crippen LogP contribution in [0, 0.1) is 5.92 Å². The Morgan fingerprint density at radius 2 is 2.11 bits per heavy atom. The molecule has 2 unspecified atom stereocenters. The minimum atomic E-state index is -3.08. The van der Waals surface area contributed by atoms with E-state index in [2.05, 4.69) is 10.1 Å². The number of carbonyl (C=O) groups excluding carboxylic acids is 3. The zero-order valence-corrected chi connectivity index (χ0v) is 11.0. The second-order valence-corrected chi connectivity index (χ2v) is 4.47. The number of nitrogens with one attached hydrogen (secondary N) is 2. The lowest BCUT2D eigenvalue weighted by Crippen LogP contribution is -2.71. The Hall–Kier alpha value is -1.70. The number of imide groups is 1. The van der Waals surface area contributed by atoms with Gasteiger partial charge >= 0.3 is 17.7 Å². The lowest BCUT2D eigenvalue weighted by molar-refractivity contribution is -0.179. The topological polar surface area (TPSA) is 93.7 Å². The van der Waals surface area contributed by atoms with Crippen molar-refractivity contribution in [3.63, 3.8) is 0 Å². The minimum Gasteiger partial charge on any atom is -0.463 e. The van der Waals surface area contributed by atoms with Gasteiger partial charge in [-0.3, -0.25) is 10.1 Å². The van der Waals surface area contributed by atoms with Crippen LogP contribution in [0.3, 0.4) is 0 Å². The number of rotatable bonds is 5. The molecule has 0 aromatic carbocycles. The van der Waals surface area contributed by atoms with E-state index in [9.17, 15) is 18.8 Å². The zero-order valence-electron chi connectivity index (χ0n) is 11.0. The van der Waals surface area contributed by atoms with Gasteiger partial charge in [0.25, 0.3) is 5.91 Å². The highest BCUT2D eigenvalue weighted by Crippen LogP contribution is 2.23. The molecule has 19 heavy (non-hydrogen) atoms. The molecule has 7 nitrogen and oxygen atoms in total. The summed E-state index contributed by atoms with van der Waals surface area (Å²) in [6.45, 7) is 5.06. The number of hydrogen-bond acceptors (Lipinski definition) is 5. The van der Waals surface area contributed by atoms with Gasteiger partial charge in [0.1, 0.15) is 0 Å². The summed E-state index contributed by atoms with van der Waals surface area (Å²) in [6.07, 6.45) is -1.70. The summed E-state index contributed by atoms with van der Waals surface area (Å²) < 4.78 is 24.2. The van der Waals surface area contributed by atoms with Crippen LogP contribution in [0.1, 0.15) is 20.8 Å². The van der Waals surface area contributed by atoms with E-state index in [0.29, 0.717) is 0 Å². The summed E-state index contributed by atoms with van der Waals surface area (Å²) in [4.78, 5) is 34.3. The molecule has 0 radical (unpaired) electrons. The second-order valence-electron chi connectivity index (χ2n) is 4.47. The Balaban J connectivity index is 2.95. The number of carbonyl (C=O) groups is 3. The first-order chi connectivity index (χ1) is 8.82. The van der Waals surface area contributed by atoms with Gasteiger partial charge in [-0.15, -0.1) is 0 Å². The van der Waals surface area contributed by atoms with Crippen LogP contribution in [-0.4, -0.2) is 43.0 Å². The molecule has 0 spiro atoms. The lowest BCUT2D eigenvalue weighted by atomic mass is 10.0. The Kier molecular flexibility index (Phi) is 4.82. The Morgan fingerprint density at radius 1 is 1.47 bits per heavy atom. The van der Waals surface area contributed by atoms with Crippen LogP contribution in [0.5, 0.6) is 0 Å². The van der Waals surface area contributed by atoms with Crippen molar-refractivity contribution >= 4 is 17.9 Å². The van der Waals surface area contributed by atoms with Crippen molar-refractivity contribution in [2.75, 3.05) is 13.2 Å². The smallest absolute Gasteiger partial charge is 0.358 e. The van der Waals surface area contributed by atoms with Crippen molar-refractivity contribution in [3.8, 4) is 0 Å². The lowest BCUT2D eigenvalue weighted by Gasteiger charge is -2.34. The van der Waals surface area contributed by atoms with E-state index >= 15 is 0 Å². The first-order valence-corrected chi connectivity index (χ1v) is 5.92. The van der Waals surface area contributed by atoms with Gasteiger partial charge in [-0.2, -0.15) is 0 Å². The summed E-state index contributed by atoms with van der Waals surface area (Å²) in [5.74, 6) is -2.74. The zero-order chi connectivity index (χ0) is 14.6. The maximum atomic E-state index is 14.6. The van der Waals surface area contributed by atoms with Crippen LogP contribution in [0.25, 0.3) is 0 Å². The van der Waals surface area contributed by atoms with Crippen LogP contribution in [0.4, 0.5) is 9.18 Å². The number of urea groups is 1. The molecule has 1 fully saturated rings. The average Bonchev–Trinajstić information content (AvgIpc) is 2.31. The van der Waals surface area contributed by atoms with Crippen molar-refractivity contribution < 1.29 is 28.2 Å². The van der Waals surface area contributed by atoms with Crippen LogP contribution >= 0.6 is 0 Å². The first-order valence-electron chi connectivity index (χ1n) is 5.92. The third-order valence-electron chi connectivity index (χ3n) is 2.35. The van der Waals surface area contributed by atoms with E-state index in [1.165, 1.54) is 6.92 Å². The van der Waals surface area contributed by atoms with Gasteiger partial charge in [-0.05, 0) is 12.8 Å². The summed E-state index contributed by atoms with van der Waals surface area (Å²) in [6, 6.07) is -0.920. The molecule has 3 amide bonds. The van der Waals surface area contributed by atoms with Crippen molar-refractivity contribution in [2.45, 2.75) is 32.7 Å². The predicted molar refractivity (Wildman–Crippen MR) is 61.7 cm³/mol. The molecule has 2 atom stereocenters. The molecule has 1 saturated heterocycles. The second kappa shape index (κ2) is 5.96. The van der Waals surface area contributed by atoms with Gasteiger partial charge in [0.2, 0.25) is 0 Å². The van der Waals surface area contributed by atoms with Crippen LogP contribution < -0.4 is 10.6 Å². The third kappa shape index (κ3) is 3.19. The van der Waals surface area contributed by atoms with Gasteiger partial charge in [0.15, 0.2) is 6.23 Å². The van der Waals surface area contributed by atoms with Gasteiger partial charge in [-0.1, -0.05) is 13.8 Å². The van der Waals surface area contributed by atoms with Gasteiger partial charge in [0.05, 0.1) is 13.2 Å². The van der Waals surface area contributed by atoms with Crippen molar-refractivity contribution in [2.24, 2.45) is 5.92 Å². The summed E-state index contributed by atoms with van der Waals surface area (Å²) in [5.41, 5.74) is -3.08. The molecule has 1 rings (SSSR count). The standard InChI is InChI=1S/C11H17FN2O5/c1-4-18-9(16)11(12)7(15)13-10(17)14-8(11)19-5-6(2)3/h6,8H,4-5H2,1-3H3,(H2,13,14,15,17). The largest absolute Gasteiger partial charge is 0.463 e. The van der Waals surface area contributed by atoms with E-state index in [4.69, 9.17) is 4.74 Å². The highest BCUT2D eigenvalue weighted by atomic mass is 19.1. The van der Waals surface area contributed by atoms with E-state index in [-0.39, 0.29) is 19.1 Å². The average molecular weight is 276 g/mol. The number of amides is 3. The third-order valence-corrected chi connectivity index (χ3v) is 2.35. The molecule has 8 heteroatoms. The minimum absolute atomic E-state index is 0.0355. The molecule has 1 heterocycles. The highest BCUT2D eigenvalue weighted by Gasteiger charge is 2.59. The predicted octanol–water partition coefficient (Wildman–Crippen LogP) is 0.0959. The number of esters is 1. The molecule has 0 saturated carbocycles. The normalized spacial score (nSPS) is 26.9. The summed E-state index contributed by atoms with van der Waals surface area (Å²) in [5, 5.41) is 3.75. The van der Waals surface area contributed by atoms with E-state index in [1.807, 2.05) is 0 Å². The molecule has 1 aliphatic rings. The summed E-state index contributed by atoms with van der Waals surface area (Å²) in [7, 11) is 0. The molecule has 0 aromatic rings. The van der Waals surface area contributed by atoms with Crippen LogP contribution in [0.2, 0.25) is 0 Å². The van der Waals surface area contributed by atoms with Crippen LogP contribution in [-0.2, 0) is 19.1 Å². The molecule has 0 aliphatic carbocycles. The molecule has 108 valence electrons. The van der Waals surface area contributed by atoms with Crippen LogP contribution in [0.15, 0.2) is 0 Å². The maximum absolute atomic E-state index is 14.6. The fraction of sp³-hybridized carbons (Fsp3) is 0.727. The first kappa shape index (κ1) is 15.4. The van der Waals surface area contributed by atoms with Crippen molar-refractivity contribution in [1.82, 2.24) is 10.6 Å². The molecular weight excluding hydrogens is 259 g/mol. The van der Waals surface area contributed by atoms with E-state index in [0.717, 1.165) is 0 Å². The molecule has 0 aromatic heterocycles. The fourth-order valence-electron chi connectivity index (χ4n) is 1.45. The number of hydrogen-bond donors (Lipinski definition) is 2. The Bertz CT molecular complexity index is 387. The number of alkyl halides is 1. The van der Waals surface area contributed by atoms with Crippen molar-refractivity contribution in [1.29, 1.82) is 0 Å². The van der Waals surface area contributed by atoms with Crippen molar-refractivity contribution in [3.05, 3.63) is 0 Å². The van der Waals surface area contributed by atoms with Gasteiger partial charge in [0, 0.05) is 0 Å². The molecule has 2 N–H and O–H groups in total. The summed E-state index contributed by atoms with van der Waals surface area (Å²) >= 11 is 0. The number of halogens is 1. The number of ether oxygens (including phenoxy) is 2. The van der Waals surface area contributed by atoms with Gasteiger partial charge < -0.3 is 14.8 Å². The Labute approximate surface area is 109 Å². The Morgan fingerprint density at radius 3 is 2.63 bits per heavy atom. The SMILES string of the molecule is CCOC(=O)C1(F)C(=O)NC(=O)NC1OCC(C)C.